The van der Waals surface area contributed by atoms with Crippen molar-refractivity contribution in [1.82, 2.24) is 5.32 Å². The first-order valence-corrected chi connectivity index (χ1v) is 6.96. The second-order valence-corrected chi connectivity index (χ2v) is 5.68. The number of amides is 1. The van der Waals surface area contributed by atoms with Crippen molar-refractivity contribution in [2.75, 3.05) is 18.0 Å². The summed E-state index contributed by atoms with van der Waals surface area (Å²) in [5.41, 5.74) is 6.18. The van der Waals surface area contributed by atoms with Crippen molar-refractivity contribution >= 4 is 35.0 Å². The highest BCUT2D eigenvalue weighted by Gasteiger charge is 2.21. The lowest BCUT2D eigenvalue weighted by Gasteiger charge is -2.05. The van der Waals surface area contributed by atoms with Gasteiger partial charge in [0.05, 0.1) is 16.5 Å². The van der Waals surface area contributed by atoms with Crippen LogP contribution in [-0.2, 0) is 4.79 Å². The fourth-order valence-corrected chi connectivity index (χ4v) is 2.39. The van der Waals surface area contributed by atoms with Crippen LogP contribution in [0.25, 0.3) is 0 Å². The quantitative estimate of drug-likeness (QED) is 0.639. The predicted molar refractivity (Wildman–Crippen MR) is 72.3 cm³/mol. The van der Waals surface area contributed by atoms with Crippen molar-refractivity contribution in [3.63, 3.8) is 0 Å². The number of halogens is 1. The number of carbonyl (C=O) groups is 1. The number of nitrogen functional groups attached to an aromatic ring is 1. The van der Waals surface area contributed by atoms with E-state index in [1.807, 2.05) is 6.07 Å². The van der Waals surface area contributed by atoms with Gasteiger partial charge < -0.3 is 11.1 Å². The molecule has 17 heavy (non-hydrogen) atoms. The molecule has 1 aromatic carbocycles. The second-order valence-electron chi connectivity index (χ2n) is 4.22. The van der Waals surface area contributed by atoms with Crippen LogP contribution in [0.5, 0.6) is 0 Å². The summed E-state index contributed by atoms with van der Waals surface area (Å²) in [5.74, 6) is 1.22. The van der Waals surface area contributed by atoms with Gasteiger partial charge >= 0.3 is 0 Å². The third-order valence-corrected chi connectivity index (χ3v) is 3.95. The summed E-state index contributed by atoms with van der Waals surface area (Å²) in [7, 11) is 0. The van der Waals surface area contributed by atoms with Crippen LogP contribution in [0.15, 0.2) is 23.1 Å². The highest BCUT2D eigenvalue weighted by Crippen LogP contribution is 2.28. The van der Waals surface area contributed by atoms with E-state index in [-0.39, 0.29) is 5.91 Å². The van der Waals surface area contributed by atoms with E-state index >= 15 is 0 Å². The van der Waals surface area contributed by atoms with Crippen LogP contribution in [0.4, 0.5) is 5.69 Å². The van der Waals surface area contributed by atoms with E-state index in [1.54, 1.807) is 12.1 Å². The first-order valence-electron chi connectivity index (χ1n) is 5.59. The molecule has 0 heterocycles. The standard InChI is InChI=1S/C12H15ClN2OS/c13-10-5-9(3-4-11(10)14)17-7-12(16)15-6-8-1-2-8/h3-5,8H,1-2,6-7,14H2,(H,15,16). The zero-order valence-corrected chi connectivity index (χ0v) is 11.0. The molecule has 1 saturated carbocycles. The van der Waals surface area contributed by atoms with Gasteiger partial charge in [-0.25, -0.2) is 0 Å². The zero-order valence-electron chi connectivity index (χ0n) is 9.41. The summed E-state index contributed by atoms with van der Waals surface area (Å²) in [4.78, 5) is 12.5. The maximum Gasteiger partial charge on any atom is 0.230 e. The highest BCUT2D eigenvalue weighted by atomic mass is 35.5. The summed E-state index contributed by atoms with van der Waals surface area (Å²) in [6.45, 7) is 0.821. The molecule has 0 saturated heterocycles. The Balaban J connectivity index is 1.75. The predicted octanol–water partition coefficient (Wildman–Crippen LogP) is 2.54. The molecule has 2 rings (SSSR count). The van der Waals surface area contributed by atoms with Gasteiger partial charge in [0, 0.05) is 11.4 Å². The molecule has 0 radical (unpaired) electrons. The monoisotopic (exact) mass is 270 g/mol. The van der Waals surface area contributed by atoms with E-state index in [0.717, 1.165) is 17.4 Å². The third kappa shape index (κ3) is 4.13. The second kappa shape index (κ2) is 5.65. The third-order valence-electron chi connectivity index (χ3n) is 2.63. The average Bonchev–Trinajstić information content (AvgIpc) is 3.12. The van der Waals surface area contributed by atoms with E-state index in [2.05, 4.69) is 5.32 Å². The Bertz CT molecular complexity index is 421. The maximum absolute atomic E-state index is 11.5. The number of hydrogen-bond acceptors (Lipinski definition) is 3. The van der Waals surface area contributed by atoms with Crippen LogP contribution >= 0.6 is 23.4 Å². The van der Waals surface area contributed by atoms with Gasteiger partial charge in [-0.2, -0.15) is 0 Å². The molecule has 0 spiro atoms. The van der Waals surface area contributed by atoms with Gasteiger partial charge in [-0.1, -0.05) is 11.6 Å². The van der Waals surface area contributed by atoms with Gasteiger partial charge in [0.2, 0.25) is 5.91 Å². The van der Waals surface area contributed by atoms with Gasteiger partial charge in [-0.3, -0.25) is 4.79 Å². The number of benzene rings is 1. The molecule has 0 unspecified atom stereocenters. The van der Waals surface area contributed by atoms with Crippen molar-refractivity contribution in [3.05, 3.63) is 23.2 Å². The Morgan fingerprint density at radius 3 is 2.94 bits per heavy atom. The van der Waals surface area contributed by atoms with E-state index < -0.39 is 0 Å². The molecular weight excluding hydrogens is 256 g/mol. The minimum atomic E-state index is 0.0786. The molecule has 1 aromatic rings. The average molecular weight is 271 g/mol. The Hall–Kier alpha value is -0.870. The summed E-state index contributed by atoms with van der Waals surface area (Å²) in [6.07, 6.45) is 2.50. The largest absolute Gasteiger partial charge is 0.398 e. The minimum absolute atomic E-state index is 0.0786. The topological polar surface area (TPSA) is 55.1 Å². The normalized spacial score (nSPS) is 14.6. The highest BCUT2D eigenvalue weighted by molar-refractivity contribution is 8.00. The molecule has 1 aliphatic rings. The van der Waals surface area contributed by atoms with Crippen molar-refractivity contribution < 1.29 is 4.79 Å². The molecule has 0 bridgehead atoms. The fraction of sp³-hybridized carbons (Fsp3) is 0.417. The lowest BCUT2D eigenvalue weighted by Crippen LogP contribution is -2.27. The van der Waals surface area contributed by atoms with Gasteiger partial charge in [0.15, 0.2) is 0 Å². The van der Waals surface area contributed by atoms with E-state index in [4.69, 9.17) is 17.3 Å². The fourth-order valence-electron chi connectivity index (χ4n) is 1.38. The summed E-state index contributed by atoms with van der Waals surface area (Å²) in [6, 6.07) is 5.42. The zero-order chi connectivity index (χ0) is 12.3. The van der Waals surface area contributed by atoms with E-state index in [1.165, 1.54) is 24.6 Å². The Morgan fingerprint density at radius 2 is 2.29 bits per heavy atom. The SMILES string of the molecule is Nc1ccc(SCC(=O)NCC2CC2)cc1Cl. The van der Waals surface area contributed by atoms with Crippen LogP contribution in [0.3, 0.4) is 0 Å². The maximum atomic E-state index is 11.5. The summed E-state index contributed by atoms with van der Waals surface area (Å²) >= 11 is 7.37. The number of nitrogens with one attached hydrogen (secondary N) is 1. The van der Waals surface area contributed by atoms with Crippen molar-refractivity contribution in [2.45, 2.75) is 17.7 Å². The molecule has 1 aliphatic carbocycles. The van der Waals surface area contributed by atoms with Crippen molar-refractivity contribution in [3.8, 4) is 0 Å². The number of thioether (sulfide) groups is 1. The van der Waals surface area contributed by atoms with Gasteiger partial charge in [0.1, 0.15) is 0 Å². The Kier molecular flexibility index (Phi) is 4.18. The van der Waals surface area contributed by atoms with Crippen molar-refractivity contribution in [1.29, 1.82) is 0 Å². The van der Waals surface area contributed by atoms with Gasteiger partial charge in [-0.15, -0.1) is 11.8 Å². The summed E-state index contributed by atoms with van der Waals surface area (Å²) < 4.78 is 0. The van der Waals surface area contributed by atoms with Crippen LogP contribution in [0, 0.1) is 5.92 Å². The van der Waals surface area contributed by atoms with Crippen molar-refractivity contribution in [2.24, 2.45) is 5.92 Å². The molecule has 1 amide bonds. The summed E-state index contributed by atoms with van der Waals surface area (Å²) in [5, 5.41) is 3.46. The van der Waals surface area contributed by atoms with Crippen LogP contribution in [0.1, 0.15) is 12.8 Å². The molecule has 1 fully saturated rings. The molecule has 92 valence electrons. The molecule has 3 N–H and O–H groups in total. The first-order chi connectivity index (χ1) is 8.15. The molecular formula is C12H15ClN2OS. The molecule has 5 heteroatoms. The molecule has 3 nitrogen and oxygen atoms in total. The van der Waals surface area contributed by atoms with Crippen LogP contribution in [-0.4, -0.2) is 18.2 Å². The number of rotatable bonds is 5. The first kappa shape index (κ1) is 12.6. The van der Waals surface area contributed by atoms with E-state index in [0.29, 0.717) is 16.5 Å². The van der Waals surface area contributed by atoms with E-state index in [9.17, 15) is 4.79 Å². The number of nitrogens with two attached hydrogens (primary N) is 1. The number of anilines is 1. The Morgan fingerprint density at radius 1 is 1.53 bits per heavy atom. The van der Waals surface area contributed by atoms with Gasteiger partial charge in [-0.05, 0) is 37.0 Å². The van der Waals surface area contributed by atoms with Gasteiger partial charge in [0.25, 0.3) is 0 Å². The lowest BCUT2D eigenvalue weighted by molar-refractivity contribution is -0.118. The smallest absolute Gasteiger partial charge is 0.230 e. The lowest BCUT2D eigenvalue weighted by atomic mass is 10.3. The minimum Gasteiger partial charge on any atom is -0.398 e. The molecule has 0 aromatic heterocycles. The van der Waals surface area contributed by atoms with Crippen LogP contribution < -0.4 is 11.1 Å². The number of hydrogen-bond donors (Lipinski definition) is 2. The van der Waals surface area contributed by atoms with Crippen LogP contribution in [0.2, 0.25) is 5.02 Å². The number of carbonyl (C=O) groups excluding carboxylic acids is 1. The molecule has 0 aliphatic heterocycles. The molecule has 0 atom stereocenters. The Labute approximate surface area is 110 Å².